The van der Waals surface area contributed by atoms with Crippen molar-refractivity contribution in [1.82, 2.24) is 0 Å². The number of hydrogen-bond donors (Lipinski definition) is 0. The van der Waals surface area contributed by atoms with Crippen LogP contribution >= 0.6 is 20.2 Å². The zero-order valence-electron chi connectivity index (χ0n) is 1.47. The van der Waals surface area contributed by atoms with Gasteiger partial charge in [-0.2, -0.15) is 0 Å². The van der Waals surface area contributed by atoms with Crippen LogP contribution in [0, 0.1) is 0 Å². The molecule has 0 radical (unpaired) electrons. The molecule has 0 aliphatic heterocycles. The zero-order chi connectivity index (χ0) is 2.71. The van der Waals surface area contributed by atoms with Gasteiger partial charge in [0.05, 0.1) is 0 Å². The van der Waals surface area contributed by atoms with Gasteiger partial charge in [-0.25, -0.2) is 0 Å². The quantitative estimate of drug-likeness (QED) is 0.464. The molecule has 0 unspecified atom stereocenters. The van der Waals surface area contributed by atoms with Crippen molar-refractivity contribution in [3.63, 3.8) is 0 Å². The van der Waals surface area contributed by atoms with Gasteiger partial charge in [-0.05, 0) is 0 Å². The summed E-state index contributed by atoms with van der Waals surface area (Å²) < 4.78 is 0. The van der Waals surface area contributed by atoms with Crippen molar-refractivity contribution in [2.75, 3.05) is 0 Å². The second-order valence-electron chi connectivity index (χ2n) is 0.0431. The first kappa shape index (κ1) is 8.90. The van der Waals surface area contributed by atoms with E-state index < -0.39 is 0 Å². The average molecular weight is 154 g/mol. The van der Waals surface area contributed by atoms with Gasteiger partial charge in [0.25, 0.3) is 0 Å². The number of halogens is 3. The monoisotopic (exact) mass is 153 g/mol. The Hall–Kier alpha value is 1.03. The minimum absolute atomic E-state index is 0. The van der Waals surface area contributed by atoms with Crippen LogP contribution in [0.2, 0.25) is 0 Å². The molecule has 0 aromatic rings. The summed E-state index contributed by atoms with van der Waals surface area (Å²) >= 11 is 0.757. The van der Waals surface area contributed by atoms with Crippen LogP contribution in [0.5, 0.6) is 0 Å². The second-order valence-corrected chi connectivity index (χ2v) is 1.60. The fourth-order valence-corrected chi connectivity index (χ4v) is 0. The van der Waals surface area contributed by atoms with Gasteiger partial charge < -0.3 is 0 Å². The van der Waals surface area contributed by atoms with E-state index in [-0.39, 0.29) is 4.70 Å². The fraction of sp³-hybridized carbons (Fsp3) is 0. The van der Waals surface area contributed by atoms with Gasteiger partial charge in [0.15, 0.2) is 0 Å². The van der Waals surface area contributed by atoms with Crippen molar-refractivity contribution in [1.29, 1.82) is 0 Å². The summed E-state index contributed by atoms with van der Waals surface area (Å²) in [5, 5.41) is 0. The van der Waals surface area contributed by atoms with Crippen LogP contribution in [0.25, 0.3) is 0 Å². The standard InChI is InChI=1S/2ClH.Cu.FH/h2*1H;;1H/q;;+2;/p-2. The summed E-state index contributed by atoms with van der Waals surface area (Å²) in [6.45, 7) is 0. The maximum absolute atomic E-state index is 4.67. The van der Waals surface area contributed by atoms with Gasteiger partial charge in [0.1, 0.15) is 0 Å². The maximum atomic E-state index is 4.67. The molecule has 0 aliphatic rings. The van der Waals surface area contributed by atoms with E-state index in [2.05, 4.69) is 20.2 Å². The van der Waals surface area contributed by atoms with E-state index in [1.165, 1.54) is 0 Å². The number of hydrogen-bond acceptors (Lipinski definition) is 0. The first-order valence-electron chi connectivity index (χ1n) is 0.228. The van der Waals surface area contributed by atoms with Crippen LogP contribution in [0.15, 0.2) is 0 Å². The Morgan fingerprint density at radius 3 is 1.25 bits per heavy atom. The average Bonchev–Trinajstić information content (AvgIpc) is 0.918. The van der Waals surface area contributed by atoms with E-state index >= 15 is 0 Å². The zero-order valence-corrected chi connectivity index (χ0v) is 3.92. The van der Waals surface area contributed by atoms with E-state index in [0.29, 0.717) is 0 Å². The third-order valence-electron chi connectivity index (χ3n) is 0. The van der Waals surface area contributed by atoms with Crippen LogP contribution in [0.3, 0.4) is 0 Å². The summed E-state index contributed by atoms with van der Waals surface area (Å²) in [7, 11) is 9.34. The van der Waals surface area contributed by atoms with E-state index in [9.17, 15) is 0 Å². The number of rotatable bonds is 0. The molecule has 0 atom stereocenters. The Labute approximate surface area is 38.4 Å². The predicted octanol–water partition coefficient (Wildman–Crippen LogP) is 1.53. The fourth-order valence-electron chi connectivity index (χ4n) is 0. The summed E-state index contributed by atoms with van der Waals surface area (Å²) in [5.41, 5.74) is 0. The van der Waals surface area contributed by atoms with Gasteiger partial charge in [-0.1, -0.05) is 0 Å². The molecule has 4 heavy (non-hydrogen) atoms. The van der Waals surface area contributed by atoms with E-state index in [4.69, 9.17) is 0 Å². The first-order valence-corrected chi connectivity index (χ1v) is 2.82. The topological polar surface area (TPSA) is 0 Å². The Morgan fingerprint density at radius 2 is 1.25 bits per heavy atom. The van der Waals surface area contributed by atoms with Crippen LogP contribution < -0.4 is 0 Å². The SMILES string of the molecule is F.[Cl][Cu][Cl]. The van der Waals surface area contributed by atoms with Gasteiger partial charge in [-0.3, -0.25) is 4.70 Å². The molecule has 0 aromatic carbocycles. The van der Waals surface area contributed by atoms with E-state index in [0.717, 1.165) is 13.1 Å². The van der Waals surface area contributed by atoms with Crippen molar-refractivity contribution >= 4 is 20.2 Å². The summed E-state index contributed by atoms with van der Waals surface area (Å²) in [6, 6.07) is 0. The van der Waals surface area contributed by atoms with Gasteiger partial charge in [-0.15, -0.1) is 0 Å². The van der Waals surface area contributed by atoms with Gasteiger partial charge in [0.2, 0.25) is 0 Å². The summed E-state index contributed by atoms with van der Waals surface area (Å²) in [6.07, 6.45) is 0. The molecule has 0 aromatic heterocycles. The van der Waals surface area contributed by atoms with E-state index in [1.807, 2.05) is 0 Å². The summed E-state index contributed by atoms with van der Waals surface area (Å²) in [4.78, 5) is 0. The molecule has 0 fully saturated rings. The normalized spacial score (nSPS) is 5.50. The van der Waals surface area contributed by atoms with Crippen LogP contribution in [0.4, 0.5) is 4.70 Å². The molecular weight excluding hydrogens is 153 g/mol. The Kier molecular flexibility index (Phi) is 20.0. The van der Waals surface area contributed by atoms with E-state index in [1.54, 1.807) is 0 Å². The van der Waals surface area contributed by atoms with Gasteiger partial charge >= 0.3 is 33.3 Å². The third kappa shape index (κ3) is 11.8. The predicted molar refractivity (Wildman–Crippen MR) is 14.2 cm³/mol. The molecular formula is HCl2CuF. The van der Waals surface area contributed by atoms with Crippen molar-refractivity contribution in [2.24, 2.45) is 0 Å². The third-order valence-corrected chi connectivity index (χ3v) is 0. The molecule has 33 valence electrons. The minimum atomic E-state index is 0. The molecule has 0 spiro atoms. The molecule has 4 heteroatoms. The van der Waals surface area contributed by atoms with Crippen molar-refractivity contribution in [3.8, 4) is 0 Å². The first-order chi connectivity index (χ1) is 1.41. The van der Waals surface area contributed by atoms with Crippen molar-refractivity contribution < 1.29 is 17.8 Å². The molecule has 0 nitrogen and oxygen atoms in total. The Morgan fingerprint density at radius 1 is 1.25 bits per heavy atom. The van der Waals surface area contributed by atoms with Crippen molar-refractivity contribution in [2.45, 2.75) is 0 Å². The Bertz CT molecular complexity index is 6.00. The molecule has 0 bridgehead atoms. The van der Waals surface area contributed by atoms with Gasteiger partial charge in [0, 0.05) is 0 Å². The summed E-state index contributed by atoms with van der Waals surface area (Å²) in [5.74, 6) is 0. The van der Waals surface area contributed by atoms with Crippen LogP contribution in [0.1, 0.15) is 0 Å². The molecule has 0 amide bonds. The molecule has 0 N–H and O–H groups in total. The molecule has 0 rings (SSSR count). The van der Waals surface area contributed by atoms with Crippen LogP contribution in [-0.2, 0) is 13.1 Å². The molecule has 0 aliphatic carbocycles. The molecule has 0 saturated heterocycles. The van der Waals surface area contributed by atoms with Crippen molar-refractivity contribution in [3.05, 3.63) is 0 Å². The molecule has 0 heterocycles. The second kappa shape index (κ2) is 8.98. The van der Waals surface area contributed by atoms with Crippen LogP contribution in [-0.4, -0.2) is 0 Å². The molecule has 0 saturated carbocycles. The Balaban J connectivity index is 0.